The van der Waals surface area contributed by atoms with Crippen LogP contribution >= 0.6 is 0 Å². The summed E-state index contributed by atoms with van der Waals surface area (Å²) >= 11 is 0. The van der Waals surface area contributed by atoms with Crippen LogP contribution in [0.25, 0.3) is 0 Å². The average Bonchev–Trinajstić information content (AvgIpc) is 2.35. The highest BCUT2D eigenvalue weighted by molar-refractivity contribution is 5.44. The predicted octanol–water partition coefficient (Wildman–Crippen LogP) is 2.50. The Kier molecular flexibility index (Phi) is 4.61. The summed E-state index contributed by atoms with van der Waals surface area (Å²) in [5.41, 5.74) is 0.467. The van der Waals surface area contributed by atoms with Crippen molar-refractivity contribution in [1.29, 1.82) is 5.26 Å². The number of nitro benzene ring substituents is 1. The van der Waals surface area contributed by atoms with Crippen molar-refractivity contribution >= 4 is 5.69 Å². The highest BCUT2D eigenvalue weighted by Gasteiger charge is 2.25. The van der Waals surface area contributed by atoms with Gasteiger partial charge in [-0.05, 0) is 19.2 Å². The van der Waals surface area contributed by atoms with Crippen molar-refractivity contribution in [2.75, 3.05) is 13.1 Å². The number of benzene rings is 1. The molecule has 0 bridgehead atoms. The number of hydrogen-bond donors (Lipinski definition) is 0. The third kappa shape index (κ3) is 2.80. The van der Waals surface area contributed by atoms with E-state index in [1.807, 2.05) is 18.7 Å². The quantitative estimate of drug-likeness (QED) is 0.578. The van der Waals surface area contributed by atoms with Gasteiger partial charge < -0.3 is 0 Å². The first-order chi connectivity index (χ1) is 8.15. The largest absolute Gasteiger partial charge is 0.285 e. The lowest BCUT2D eigenvalue weighted by Crippen LogP contribution is -2.27. The van der Waals surface area contributed by atoms with E-state index in [9.17, 15) is 15.4 Å². The topological polar surface area (TPSA) is 70.2 Å². The molecule has 0 spiro atoms. The van der Waals surface area contributed by atoms with Gasteiger partial charge in [0.15, 0.2) is 0 Å². The number of nitriles is 1. The molecule has 17 heavy (non-hydrogen) atoms. The molecule has 0 aliphatic heterocycles. The van der Waals surface area contributed by atoms with Gasteiger partial charge in [0.2, 0.25) is 0 Å². The van der Waals surface area contributed by atoms with Crippen LogP contribution in [-0.4, -0.2) is 22.9 Å². The highest BCUT2D eigenvalue weighted by Crippen LogP contribution is 2.28. The first-order valence-electron chi connectivity index (χ1n) is 5.52. The van der Waals surface area contributed by atoms with Crippen molar-refractivity contribution in [3.05, 3.63) is 39.9 Å². The van der Waals surface area contributed by atoms with E-state index >= 15 is 0 Å². The molecule has 1 aromatic carbocycles. The zero-order valence-electron chi connectivity index (χ0n) is 9.96. The standard InChI is InChI=1S/C12H15N3O2/c1-3-14(4-2)12(9-13)10-7-5-6-8-11(10)15(16)17/h5-8,12H,3-4H2,1-2H3. The molecule has 0 heterocycles. The number of nitrogens with zero attached hydrogens (tertiary/aromatic N) is 3. The van der Waals surface area contributed by atoms with Gasteiger partial charge in [0.25, 0.3) is 5.69 Å². The Bertz CT molecular complexity index is 436. The highest BCUT2D eigenvalue weighted by atomic mass is 16.6. The zero-order chi connectivity index (χ0) is 12.8. The Balaban J connectivity index is 3.21. The second-order valence-corrected chi connectivity index (χ2v) is 3.57. The second-order valence-electron chi connectivity index (χ2n) is 3.57. The molecule has 0 amide bonds. The summed E-state index contributed by atoms with van der Waals surface area (Å²) < 4.78 is 0. The van der Waals surface area contributed by atoms with E-state index in [0.29, 0.717) is 18.7 Å². The van der Waals surface area contributed by atoms with Gasteiger partial charge in [0, 0.05) is 6.07 Å². The van der Waals surface area contributed by atoms with Crippen LogP contribution in [0, 0.1) is 21.4 Å². The minimum atomic E-state index is -0.563. The Morgan fingerprint density at radius 3 is 2.47 bits per heavy atom. The predicted molar refractivity (Wildman–Crippen MR) is 64.4 cm³/mol. The molecule has 0 aliphatic carbocycles. The maximum atomic E-state index is 10.9. The molecule has 5 nitrogen and oxygen atoms in total. The monoisotopic (exact) mass is 233 g/mol. The van der Waals surface area contributed by atoms with Gasteiger partial charge in [-0.15, -0.1) is 0 Å². The molecule has 1 unspecified atom stereocenters. The van der Waals surface area contributed by atoms with Crippen molar-refractivity contribution < 1.29 is 4.92 Å². The van der Waals surface area contributed by atoms with E-state index in [2.05, 4.69) is 6.07 Å². The fraction of sp³-hybridized carbons (Fsp3) is 0.417. The smallest absolute Gasteiger partial charge is 0.275 e. The van der Waals surface area contributed by atoms with Crippen LogP contribution in [0.5, 0.6) is 0 Å². The van der Waals surface area contributed by atoms with Crippen molar-refractivity contribution in [2.45, 2.75) is 19.9 Å². The molecule has 0 N–H and O–H groups in total. The van der Waals surface area contributed by atoms with Gasteiger partial charge in [-0.2, -0.15) is 5.26 Å². The minimum Gasteiger partial charge on any atom is -0.285 e. The van der Waals surface area contributed by atoms with E-state index in [1.165, 1.54) is 6.07 Å². The van der Waals surface area contributed by atoms with Crippen molar-refractivity contribution in [3.63, 3.8) is 0 Å². The van der Waals surface area contributed by atoms with E-state index < -0.39 is 11.0 Å². The molecule has 0 aliphatic rings. The van der Waals surface area contributed by atoms with Crippen molar-refractivity contribution in [2.24, 2.45) is 0 Å². The van der Waals surface area contributed by atoms with Crippen LogP contribution in [-0.2, 0) is 0 Å². The summed E-state index contributed by atoms with van der Waals surface area (Å²) in [6.45, 7) is 5.23. The lowest BCUT2D eigenvalue weighted by Gasteiger charge is -2.23. The van der Waals surface area contributed by atoms with Crippen LogP contribution in [0.3, 0.4) is 0 Å². The lowest BCUT2D eigenvalue weighted by atomic mass is 10.0. The summed E-state index contributed by atoms with van der Waals surface area (Å²) in [5, 5.41) is 20.1. The van der Waals surface area contributed by atoms with Gasteiger partial charge in [-0.25, -0.2) is 0 Å². The summed E-state index contributed by atoms with van der Waals surface area (Å²) in [5.74, 6) is 0. The Labute approximate surface area is 100 Å². The Morgan fingerprint density at radius 1 is 1.41 bits per heavy atom. The zero-order valence-corrected chi connectivity index (χ0v) is 9.96. The molecule has 0 fully saturated rings. The number of rotatable bonds is 5. The van der Waals surface area contributed by atoms with Crippen molar-refractivity contribution in [3.8, 4) is 6.07 Å². The first-order valence-corrected chi connectivity index (χ1v) is 5.52. The van der Waals surface area contributed by atoms with Gasteiger partial charge in [0.05, 0.1) is 16.6 Å². The second kappa shape index (κ2) is 5.97. The normalized spacial score (nSPS) is 12.1. The third-order valence-corrected chi connectivity index (χ3v) is 2.73. The lowest BCUT2D eigenvalue weighted by molar-refractivity contribution is -0.385. The van der Waals surface area contributed by atoms with Gasteiger partial charge in [-0.1, -0.05) is 26.0 Å². The van der Waals surface area contributed by atoms with Crippen molar-refractivity contribution in [1.82, 2.24) is 4.90 Å². The van der Waals surface area contributed by atoms with Gasteiger partial charge in [0.1, 0.15) is 6.04 Å². The molecule has 90 valence electrons. The SMILES string of the molecule is CCN(CC)C(C#N)c1ccccc1[N+](=O)[O-]. The summed E-state index contributed by atoms with van der Waals surface area (Å²) in [7, 11) is 0. The van der Waals surface area contributed by atoms with Gasteiger partial charge >= 0.3 is 0 Å². The fourth-order valence-corrected chi connectivity index (χ4v) is 1.82. The molecule has 5 heteroatoms. The van der Waals surface area contributed by atoms with Crippen LogP contribution in [0.2, 0.25) is 0 Å². The first kappa shape index (κ1) is 13.1. The fourth-order valence-electron chi connectivity index (χ4n) is 1.82. The molecule has 1 rings (SSSR count). The average molecular weight is 233 g/mol. The molecule has 1 aromatic rings. The van der Waals surface area contributed by atoms with Crippen LogP contribution in [0.4, 0.5) is 5.69 Å². The number of nitro groups is 1. The molecular weight excluding hydrogens is 218 g/mol. The summed E-state index contributed by atoms with van der Waals surface area (Å²) in [6, 6.07) is 7.98. The van der Waals surface area contributed by atoms with E-state index in [1.54, 1.807) is 18.2 Å². The number of para-hydroxylation sites is 1. The molecule has 0 saturated carbocycles. The molecule has 0 aromatic heterocycles. The van der Waals surface area contributed by atoms with E-state index in [-0.39, 0.29) is 5.69 Å². The van der Waals surface area contributed by atoms with Crippen LogP contribution < -0.4 is 0 Å². The Hall–Kier alpha value is -1.93. The minimum absolute atomic E-state index is 0.00551. The summed E-state index contributed by atoms with van der Waals surface area (Å²) in [6.07, 6.45) is 0. The molecule has 0 saturated heterocycles. The summed E-state index contributed by atoms with van der Waals surface area (Å²) in [4.78, 5) is 12.4. The van der Waals surface area contributed by atoms with Crippen LogP contribution in [0.15, 0.2) is 24.3 Å². The maximum absolute atomic E-state index is 10.9. The van der Waals surface area contributed by atoms with E-state index in [4.69, 9.17) is 0 Å². The van der Waals surface area contributed by atoms with Gasteiger partial charge in [-0.3, -0.25) is 15.0 Å². The molecule has 0 radical (unpaired) electrons. The molecule has 1 atom stereocenters. The number of hydrogen-bond acceptors (Lipinski definition) is 4. The maximum Gasteiger partial charge on any atom is 0.275 e. The van der Waals surface area contributed by atoms with E-state index in [0.717, 1.165) is 0 Å². The Morgan fingerprint density at radius 2 is 2.00 bits per heavy atom. The molecular formula is C12H15N3O2. The van der Waals surface area contributed by atoms with Crippen LogP contribution in [0.1, 0.15) is 25.5 Å². The third-order valence-electron chi connectivity index (χ3n) is 2.73.